The molecule has 1 heterocycles. The molecule has 2 N–H and O–H groups in total. The van der Waals surface area contributed by atoms with Gasteiger partial charge in [0.1, 0.15) is 16.5 Å². The Labute approximate surface area is 117 Å². The minimum Gasteiger partial charge on any atom is -0.326 e. The van der Waals surface area contributed by atoms with E-state index in [1.54, 1.807) is 0 Å². The third kappa shape index (κ3) is 3.05. The molecule has 2 atom stereocenters. The van der Waals surface area contributed by atoms with Crippen molar-refractivity contribution in [3.8, 4) is 0 Å². The Kier molecular flexibility index (Phi) is 4.89. The summed E-state index contributed by atoms with van der Waals surface area (Å²) < 4.78 is 52.0. The van der Waals surface area contributed by atoms with E-state index in [1.165, 1.54) is 0 Å². The van der Waals surface area contributed by atoms with Gasteiger partial charge in [-0.2, -0.15) is 4.31 Å². The van der Waals surface area contributed by atoms with Gasteiger partial charge in [-0.25, -0.2) is 17.2 Å². The van der Waals surface area contributed by atoms with Crippen LogP contribution in [0.15, 0.2) is 23.1 Å². The summed E-state index contributed by atoms with van der Waals surface area (Å²) in [7, 11) is -4.02. The summed E-state index contributed by atoms with van der Waals surface area (Å²) in [4.78, 5) is -0.635. The number of nitrogens with two attached hydrogens (primary N) is 1. The second-order valence-corrected chi connectivity index (χ2v) is 6.44. The molecule has 1 aliphatic heterocycles. The zero-order chi connectivity index (χ0) is 13.5. The van der Waals surface area contributed by atoms with Gasteiger partial charge < -0.3 is 5.73 Å². The molecule has 1 aliphatic rings. The molecular weight excluding hydrogens is 298 g/mol. The highest BCUT2D eigenvalue weighted by Crippen LogP contribution is 2.25. The van der Waals surface area contributed by atoms with E-state index < -0.39 is 26.6 Å². The van der Waals surface area contributed by atoms with Crippen molar-refractivity contribution in [3.05, 3.63) is 29.8 Å². The predicted octanol–water partition coefficient (Wildman–Crippen LogP) is 1.35. The predicted molar refractivity (Wildman–Crippen MR) is 69.5 cm³/mol. The van der Waals surface area contributed by atoms with Crippen molar-refractivity contribution in [2.45, 2.75) is 17.9 Å². The van der Waals surface area contributed by atoms with Crippen LogP contribution in [0.25, 0.3) is 0 Å². The molecule has 2 unspecified atom stereocenters. The van der Waals surface area contributed by atoms with E-state index in [2.05, 4.69) is 0 Å². The Balaban J connectivity index is 0.00000180. The molecule has 2 rings (SSSR count). The van der Waals surface area contributed by atoms with E-state index in [9.17, 15) is 17.2 Å². The van der Waals surface area contributed by atoms with Crippen LogP contribution in [-0.2, 0) is 10.0 Å². The molecule has 108 valence electrons. The number of sulfonamides is 1. The average molecular weight is 313 g/mol. The van der Waals surface area contributed by atoms with Crippen LogP contribution in [0.4, 0.5) is 8.78 Å². The molecule has 0 spiro atoms. The summed E-state index contributed by atoms with van der Waals surface area (Å²) in [6, 6.07) is 2.10. The van der Waals surface area contributed by atoms with Crippen LogP contribution in [0.2, 0.25) is 0 Å². The minimum atomic E-state index is -4.02. The molecule has 0 saturated carbocycles. The molecular formula is C11H15ClF2N2O2S. The van der Waals surface area contributed by atoms with E-state index >= 15 is 0 Å². The van der Waals surface area contributed by atoms with Crippen molar-refractivity contribution >= 4 is 22.4 Å². The van der Waals surface area contributed by atoms with Crippen LogP contribution in [0, 0.1) is 17.6 Å². The van der Waals surface area contributed by atoms with Gasteiger partial charge in [0.05, 0.1) is 0 Å². The van der Waals surface area contributed by atoms with E-state index in [-0.39, 0.29) is 37.5 Å². The highest BCUT2D eigenvalue weighted by Gasteiger charge is 2.36. The van der Waals surface area contributed by atoms with Gasteiger partial charge in [0.15, 0.2) is 0 Å². The summed E-state index contributed by atoms with van der Waals surface area (Å²) in [6.45, 7) is 2.17. The monoisotopic (exact) mass is 312 g/mol. The lowest BCUT2D eigenvalue weighted by Gasteiger charge is -2.16. The molecule has 0 aliphatic carbocycles. The van der Waals surface area contributed by atoms with Crippen LogP contribution < -0.4 is 5.73 Å². The van der Waals surface area contributed by atoms with E-state index in [0.717, 1.165) is 16.4 Å². The molecule has 19 heavy (non-hydrogen) atoms. The number of benzene rings is 1. The summed E-state index contributed by atoms with van der Waals surface area (Å²) >= 11 is 0. The lowest BCUT2D eigenvalue weighted by Crippen LogP contribution is -2.32. The van der Waals surface area contributed by atoms with Crippen molar-refractivity contribution in [1.82, 2.24) is 4.31 Å². The molecule has 1 fully saturated rings. The molecule has 1 aromatic rings. The van der Waals surface area contributed by atoms with E-state index in [1.807, 2.05) is 6.92 Å². The molecule has 0 amide bonds. The summed E-state index contributed by atoms with van der Waals surface area (Å²) in [5.74, 6) is -1.74. The first-order valence-corrected chi connectivity index (χ1v) is 6.97. The Hall–Kier alpha value is -0.760. The molecule has 1 saturated heterocycles. The quantitative estimate of drug-likeness (QED) is 0.896. The van der Waals surface area contributed by atoms with Crippen LogP contribution >= 0.6 is 12.4 Å². The van der Waals surface area contributed by atoms with Gasteiger partial charge in [-0.15, -0.1) is 12.4 Å². The number of hydrogen-bond acceptors (Lipinski definition) is 3. The fraction of sp³-hybridized carbons (Fsp3) is 0.455. The van der Waals surface area contributed by atoms with Gasteiger partial charge in [-0.1, -0.05) is 6.92 Å². The standard InChI is InChI=1S/C11H14F2N2O2S.ClH/c1-7-5-15(6-10(7)14)18(16,17)11-4-8(12)2-3-9(11)13;/h2-4,7,10H,5-6,14H2,1H3;1H. The van der Waals surface area contributed by atoms with Crippen molar-refractivity contribution in [3.63, 3.8) is 0 Å². The lowest BCUT2D eigenvalue weighted by molar-refractivity contribution is 0.456. The Morgan fingerprint density at radius 2 is 1.95 bits per heavy atom. The van der Waals surface area contributed by atoms with E-state index in [4.69, 9.17) is 5.73 Å². The molecule has 1 aromatic carbocycles. The van der Waals surface area contributed by atoms with Crippen molar-refractivity contribution in [2.24, 2.45) is 11.7 Å². The highest BCUT2D eigenvalue weighted by molar-refractivity contribution is 7.89. The van der Waals surface area contributed by atoms with Gasteiger partial charge in [0.2, 0.25) is 10.0 Å². The lowest BCUT2D eigenvalue weighted by atomic mass is 10.1. The average Bonchev–Trinajstić information content (AvgIpc) is 2.63. The molecule has 0 aromatic heterocycles. The van der Waals surface area contributed by atoms with E-state index in [0.29, 0.717) is 6.07 Å². The van der Waals surface area contributed by atoms with Crippen LogP contribution in [-0.4, -0.2) is 31.9 Å². The highest BCUT2D eigenvalue weighted by atomic mass is 35.5. The second kappa shape index (κ2) is 5.70. The SMILES string of the molecule is CC1CN(S(=O)(=O)c2cc(F)ccc2F)CC1N.Cl. The molecule has 8 heteroatoms. The summed E-state index contributed by atoms with van der Waals surface area (Å²) in [5, 5.41) is 0. The zero-order valence-corrected chi connectivity index (χ0v) is 11.8. The maximum absolute atomic E-state index is 13.5. The zero-order valence-electron chi connectivity index (χ0n) is 10.2. The molecule has 0 radical (unpaired) electrons. The largest absolute Gasteiger partial charge is 0.326 e. The fourth-order valence-electron chi connectivity index (χ4n) is 1.96. The Morgan fingerprint density at radius 3 is 2.47 bits per heavy atom. The van der Waals surface area contributed by atoms with Gasteiger partial charge in [0.25, 0.3) is 0 Å². The first-order chi connectivity index (χ1) is 8.32. The maximum atomic E-state index is 13.5. The van der Waals surface area contributed by atoms with Crippen molar-refractivity contribution < 1.29 is 17.2 Å². The Morgan fingerprint density at radius 1 is 1.32 bits per heavy atom. The topological polar surface area (TPSA) is 63.4 Å². The van der Waals surface area contributed by atoms with Gasteiger partial charge in [-0.3, -0.25) is 0 Å². The summed E-state index contributed by atoms with van der Waals surface area (Å²) in [5.41, 5.74) is 5.74. The molecule has 4 nitrogen and oxygen atoms in total. The number of halogens is 3. The fourth-order valence-corrected chi connectivity index (χ4v) is 3.61. The first-order valence-electron chi connectivity index (χ1n) is 5.53. The Bertz CT molecular complexity index is 558. The van der Waals surface area contributed by atoms with Gasteiger partial charge >= 0.3 is 0 Å². The number of rotatable bonds is 2. The first kappa shape index (κ1) is 16.3. The normalized spacial score (nSPS) is 24.2. The second-order valence-electron chi connectivity index (χ2n) is 4.54. The van der Waals surface area contributed by atoms with Crippen LogP contribution in [0.5, 0.6) is 0 Å². The van der Waals surface area contributed by atoms with Crippen LogP contribution in [0.1, 0.15) is 6.92 Å². The van der Waals surface area contributed by atoms with Gasteiger partial charge in [0, 0.05) is 19.1 Å². The summed E-state index contributed by atoms with van der Waals surface area (Å²) in [6.07, 6.45) is 0. The number of nitrogens with zero attached hydrogens (tertiary/aromatic N) is 1. The van der Waals surface area contributed by atoms with Crippen LogP contribution in [0.3, 0.4) is 0 Å². The maximum Gasteiger partial charge on any atom is 0.246 e. The smallest absolute Gasteiger partial charge is 0.246 e. The third-order valence-corrected chi connectivity index (χ3v) is 4.99. The number of hydrogen-bond donors (Lipinski definition) is 1. The van der Waals surface area contributed by atoms with Gasteiger partial charge in [-0.05, 0) is 24.1 Å². The minimum absolute atomic E-state index is 0. The van der Waals surface area contributed by atoms with Crippen molar-refractivity contribution in [1.29, 1.82) is 0 Å². The molecule has 0 bridgehead atoms. The third-order valence-electron chi connectivity index (χ3n) is 3.15. The van der Waals surface area contributed by atoms with Crippen molar-refractivity contribution in [2.75, 3.05) is 13.1 Å².